The molecule has 0 unspecified atom stereocenters. The molecule has 2 aromatic rings. The maximum absolute atomic E-state index is 12.2. The van der Waals surface area contributed by atoms with E-state index in [0.29, 0.717) is 11.4 Å². The van der Waals surface area contributed by atoms with Crippen LogP contribution in [0.5, 0.6) is 5.75 Å². The minimum Gasteiger partial charge on any atom is -0.484 e. The largest absolute Gasteiger partial charge is 0.484 e. The lowest BCUT2D eigenvalue weighted by atomic mass is 10.2. The standard InChI is InChI=1S/C18H19F3N2O2/c1-12-3-5-15(6-4-12)23-17(24)13(2)22-14-7-9-16(10-8-14)25-11-18(19,20)21/h3-10,13,22H,11H2,1-2H3,(H,23,24)/t13-/m0/s1. The summed E-state index contributed by atoms with van der Waals surface area (Å²) in [5.41, 5.74) is 2.39. The SMILES string of the molecule is Cc1ccc(NC(=O)[C@H](C)Nc2ccc(OCC(F)(F)F)cc2)cc1. The van der Waals surface area contributed by atoms with Crippen molar-refractivity contribution in [2.24, 2.45) is 0 Å². The van der Waals surface area contributed by atoms with Gasteiger partial charge in [-0.1, -0.05) is 17.7 Å². The number of carbonyl (C=O) groups excluding carboxylic acids is 1. The van der Waals surface area contributed by atoms with Gasteiger partial charge >= 0.3 is 6.18 Å². The molecule has 0 aromatic heterocycles. The molecule has 2 rings (SSSR count). The van der Waals surface area contributed by atoms with Crippen molar-refractivity contribution >= 4 is 17.3 Å². The summed E-state index contributed by atoms with van der Waals surface area (Å²) >= 11 is 0. The number of halogens is 3. The molecule has 0 spiro atoms. The molecule has 0 aliphatic heterocycles. The molecule has 1 amide bonds. The normalized spacial score (nSPS) is 12.4. The summed E-state index contributed by atoms with van der Waals surface area (Å²) in [6.45, 7) is 2.31. The zero-order valence-corrected chi connectivity index (χ0v) is 13.9. The molecule has 0 radical (unpaired) electrons. The van der Waals surface area contributed by atoms with E-state index in [4.69, 9.17) is 0 Å². The number of hydrogen-bond acceptors (Lipinski definition) is 3. The molecule has 4 nitrogen and oxygen atoms in total. The Balaban J connectivity index is 1.87. The van der Waals surface area contributed by atoms with Crippen molar-refractivity contribution in [1.29, 1.82) is 0 Å². The van der Waals surface area contributed by atoms with Crippen LogP contribution in [0, 0.1) is 6.92 Å². The molecule has 25 heavy (non-hydrogen) atoms. The third-order valence-electron chi connectivity index (χ3n) is 3.35. The summed E-state index contributed by atoms with van der Waals surface area (Å²) in [6.07, 6.45) is -4.38. The number of alkyl halides is 3. The molecule has 2 aromatic carbocycles. The molecule has 0 saturated carbocycles. The first kappa shape index (κ1) is 18.6. The maximum atomic E-state index is 12.2. The fraction of sp³-hybridized carbons (Fsp3) is 0.278. The van der Waals surface area contributed by atoms with Crippen molar-refractivity contribution in [2.75, 3.05) is 17.2 Å². The Kier molecular flexibility index (Phi) is 5.90. The Labute approximate surface area is 144 Å². The third kappa shape index (κ3) is 6.37. The van der Waals surface area contributed by atoms with E-state index in [1.807, 2.05) is 31.2 Å². The fourth-order valence-electron chi connectivity index (χ4n) is 2.02. The summed E-state index contributed by atoms with van der Waals surface area (Å²) in [6, 6.07) is 12.8. The first-order valence-corrected chi connectivity index (χ1v) is 7.66. The molecule has 0 fully saturated rings. The van der Waals surface area contributed by atoms with Crippen LogP contribution in [0.3, 0.4) is 0 Å². The van der Waals surface area contributed by atoms with Crippen molar-refractivity contribution in [1.82, 2.24) is 0 Å². The van der Waals surface area contributed by atoms with Crippen LogP contribution < -0.4 is 15.4 Å². The molecule has 0 heterocycles. The number of hydrogen-bond donors (Lipinski definition) is 2. The Morgan fingerprint density at radius 2 is 1.60 bits per heavy atom. The summed E-state index contributed by atoms with van der Waals surface area (Å²) in [7, 11) is 0. The van der Waals surface area contributed by atoms with Crippen molar-refractivity contribution in [3.8, 4) is 5.75 Å². The molecule has 0 aliphatic rings. The number of ether oxygens (including phenoxy) is 1. The smallest absolute Gasteiger partial charge is 0.422 e. The van der Waals surface area contributed by atoms with Gasteiger partial charge in [0, 0.05) is 11.4 Å². The van der Waals surface area contributed by atoms with Crippen LogP contribution >= 0.6 is 0 Å². The highest BCUT2D eigenvalue weighted by Gasteiger charge is 2.28. The van der Waals surface area contributed by atoms with Gasteiger partial charge in [-0.2, -0.15) is 13.2 Å². The van der Waals surface area contributed by atoms with E-state index in [2.05, 4.69) is 15.4 Å². The quantitative estimate of drug-likeness (QED) is 0.811. The molecule has 0 bridgehead atoms. The number of anilines is 2. The van der Waals surface area contributed by atoms with Gasteiger partial charge in [-0.05, 0) is 50.2 Å². The Morgan fingerprint density at radius 3 is 2.16 bits per heavy atom. The van der Waals surface area contributed by atoms with Crippen molar-refractivity contribution in [3.05, 3.63) is 54.1 Å². The fourth-order valence-corrected chi connectivity index (χ4v) is 2.02. The van der Waals surface area contributed by atoms with Gasteiger partial charge in [-0.25, -0.2) is 0 Å². The number of aryl methyl sites for hydroxylation is 1. The number of benzene rings is 2. The lowest BCUT2D eigenvalue weighted by Crippen LogP contribution is -2.31. The van der Waals surface area contributed by atoms with Crippen LogP contribution in [0.1, 0.15) is 12.5 Å². The predicted molar refractivity (Wildman–Crippen MR) is 90.9 cm³/mol. The summed E-state index contributed by atoms with van der Waals surface area (Å²) in [4.78, 5) is 12.2. The second kappa shape index (κ2) is 7.92. The number of amides is 1. The van der Waals surface area contributed by atoms with Gasteiger partial charge in [-0.3, -0.25) is 4.79 Å². The Morgan fingerprint density at radius 1 is 1.04 bits per heavy atom. The topological polar surface area (TPSA) is 50.4 Å². The zero-order valence-electron chi connectivity index (χ0n) is 13.9. The van der Waals surface area contributed by atoms with Gasteiger partial charge in [0.2, 0.25) is 5.91 Å². The van der Waals surface area contributed by atoms with Gasteiger partial charge in [0.1, 0.15) is 11.8 Å². The first-order valence-electron chi connectivity index (χ1n) is 7.66. The van der Waals surface area contributed by atoms with Gasteiger partial charge < -0.3 is 15.4 Å². The van der Waals surface area contributed by atoms with E-state index in [-0.39, 0.29) is 11.7 Å². The van der Waals surface area contributed by atoms with Crippen molar-refractivity contribution in [3.63, 3.8) is 0 Å². The summed E-state index contributed by atoms with van der Waals surface area (Å²) in [5, 5.41) is 5.77. The molecule has 0 saturated heterocycles. The second-order valence-corrected chi connectivity index (χ2v) is 5.65. The van der Waals surface area contributed by atoms with Gasteiger partial charge in [-0.15, -0.1) is 0 Å². The highest BCUT2D eigenvalue weighted by Crippen LogP contribution is 2.20. The van der Waals surface area contributed by atoms with Crippen LogP contribution in [0.4, 0.5) is 24.5 Å². The highest BCUT2D eigenvalue weighted by molar-refractivity contribution is 5.96. The minimum atomic E-state index is -4.38. The molecular formula is C18H19F3N2O2. The average molecular weight is 352 g/mol. The monoisotopic (exact) mass is 352 g/mol. The maximum Gasteiger partial charge on any atom is 0.422 e. The predicted octanol–water partition coefficient (Wildman–Crippen LogP) is 4.38. The van der Waals surface area contributed by atoms with Crippen molar-refractivity contribution < 1.29 is 22.7 Å². The Hall–Kier alpha value is -2.70. The van der Waals surface area contributed by atoms with Crippen LogP contribution in [-0.4, -0.2) is 24.7 Å². The minimum absolute atomic E-state index is 0.111. The molecule has 134 valence electrons. The molecule has 2 N–H and O–H groups in total. The van der Waals surface area contributed by atoms with E-state index in [1.54, 1.807) is 19.1 Å². The number of carbonyl (C=O) groups is 1. The van der Waals surface area contributed by atoms with Crippen molar-refractivity contribution in [2.45, 2.75) is 26.1 Å². The number of rotatable bonds is 6. The lowest BCUT2D eigenvalue weighted by molar-refractivity contribution is -0.153. The van der Waals surface area contributed by atoms with Gasteiger partial charge in [0.05, 0.1) is 0 Å². The van der Waals surface area contributed by atoms with E-state index >= 15 is 0 Å². The number of nitrogens with one attached hydrogen (secondary N) is 2. The van der Waals surface area contributed by atoms with E-state index in [1.165, 1.54) is 12.1 Å². The van der Waals surface area contributed by atoms with E-state index in [9.17, 15) is 18.0 Å². The molecule has 7 heteroatoms. The zero-order chi connectivity index (χ0) is 18.4. The molecule has 0 aliphatic carbocycles. The lowest BCUT2D eigenvalue weighted by Gasteiger charge is -2.16. The molecular weight excluding hydrogens is 333 g/mol. The summed E-state index contributed by atoms with van der Waals surface area (Å²) in [5.74, 6) is -0.110. The first-order chi connectivity index (χ1) is 11.7. The summed E-state index contributed by atoms with van der Waals surface area (Å²) < 4.78 is 40.9. The van der Waals surface area contributed by atoms with Gasteiger partial charge in [0.15, 0.2) is 6.61 Å². The Bertz CT molecular complexity index is 698. The van der Waals surface area contributed by atoms with E-state index < -0.39 is 18.8 Å². The average Bonchev–Trinajstić information content (AvgIpc) is 2.55. The third-order valence-corrected chi connectivity index (χ3v) is 3.35. The highest BCUT2D eigenvalue weighted by atomic mass is 19.4. The van der Waals surface area contributed by atoms with Crippen LogP contribution in [0.15, 0.2) is 48.5 Å². The van der Waals surface area contributed by atoms with Gasteiger partial charge in [0.25, 0.3) is 0 Å². The van der Waals surface area contributed by atoms with Crippen LogP contribution in [0.25, 0.3) is 0 Å². The van der Waals surface area contributed by atoms with Crippen LogP contribution in [-0.2, 0) is 4.79 Å². The molecule has 1 atom stereocenters. The van der Waals surface area contributed by atoms with E-state index in [0.717, 1.165) is 5.56 Å². The van der Waals surface area contributed by atoms with Crippen LogP contribution in [0.2, 0.25) is 0 Å². The second-order valence-electron chi connectivity index (χ2n) is 5.65.